The summed E-state index contributed by atoms with van der Waals surface area (Å²) < 4.78 is 37.2. The number of aliphatic hydroxyl groups excluding tert-OH is 1. The molecule has 1 aliphatic rings. The van der Waals surface area contributed by atoms with Crippen LogP contribution in [0, 0.1) is 0 Å². The number of amides is 1. The van der Waals surface area contributed by atoms with E-state index < -0.39 is 29.8 Å². The van der Waals surface area contributed by atoms with Crippen molar-refractivity contribution in [3.63, 3.8) is 0 Å². The van der Waals surface area contributed by atoms with Gasteiger partial charge in [-0.15, -0.1) is 0 Å². The number of nitrogens with one attached hydrogen (secondary N) is 1. The average molecular weight is 289 g/mol. The summed E-state index contributed by atoms with van der Waals surface area (Å²) in [5.74, 6) is -0.522. The molecule has 0 aromatic carbocycles. The highest BCUT2D eigenvalue weighted by molar-refractivity contribution is 5.92. The van der Waals surface area contributed by atoms with Crippen molar-refractivity contribution in [2.24, 2.45) is 0 Å². The highest BCUT2D eigenvalue weighted by atomic mass is 19.4. The largest absolute Gasteiger partial charge is 0.417 e. The third kappa shape index (κ3) is 2.91. The van der Waals surface area contributed by atoms with Crippen molar-refractivity contribution in [1.29, 1.82) is 0 Å². The zero-order valence-electron chi connectivity index (χ0n) is 10.7. The fourth-order valence-electron chi connectivity index (χ4n) is 2.07. The molecule has 1 amide bonds. The lowest BCUT2D eigenvalue weighted by atomic mass is 10.1. The smallest absolute Gasteiger partial charge is 0.390 e. The Hall–Kier alpha value is -1.67. The first kappa shape index (κ1) is 14.7. The van der Waals surface area contributed by atoms with Gasteiger partial charge in [0, 0.05) is 26.3 Å². The standard InChI is InChI=1S/C12H14F3N3O2/c1-18(9-5-16-6-10(9)19)11(20)8-3-2-7(4-17-8)12(13,14)15/h2-4,9-10,16,19H,5-6H2,1H3/t9-,10-/m0/s1. The quantitative estimate of drug-likeness (QED) is 0.832. The molecule has 2 rings (SSSR count). The number of β-amino-alcohol motifs (C(OH)–C–C–N with tert-alkyl or cyclic N) is 1. The van der Waals surface area contributed by atoms with Crippen LogP contribution in [0.15, 0.2) is 18.3 Å². The molecule has 2 atom stereocenters. The Kier molecular flexibility index (Phi) is 3.96. The maximum atomic E-state index is 12.4. The molecule has 1 aromatic heterocycles. The first-order valence-electron chi connectivity index (χ1n) is 6.00. The van der Waals surface area contributed by atoms with E-state index in [9.17, 15) is 23.1 Å². The van der Waals surface area contributed by atoms with E-state index in [0.29, 0.717) is 19.3 Å². The lowest BCUT2D eigenvalue weighted by Crippen LogP contribution is -2.44. The number of carbonyl (C=O) groups is 1. The third-order valence-electron chi connectivity index (χ3n) is 3.28. The minimum Gasteiger partial charge on any atom is -0.390 e. The van der Waals surface area contributed by atoms with Crippen molar-refractivity contribution in [3.8, 4) is 0 Å². The van der Waals surface area contributed by atoms with Crippen molar-refractivity contribution >= 4 is 5.91 Å². The minimum atomic E-state index is -4.48. The van der Waals surface area contributed by atoms with E-state index in [1.807, 2.05) is 0 Å². The SMILES string of the molecule is CN(C(=O)c1ccc(C(F)(F)F)cn1)[C@H]1CNC[C@@H]1O. The van der Waals surface area contributed by atoms with Crippen LogP contribution in [0.1, 0.15) is 16.1 Å². The number of halogens is 3. The van der Waals surface area contributed by atoms with E-state index in [0.717, 1.165) is 12.1 Å². The van der Waals surface area contributed by atoms with Crippen LogP contribution in [0.4, 0.5) is 13.2 Å². The number of aromatic nitrogens is 1. The Labute approximate surface area is 113 Å². The first-order chi connectivity index (χ1) is 9.30. The lowest BCUT2D eigenvalue weighted by molar-refractivity contribution is -0.137. The van der Waals surface area contributed by atoms with Gasteiger partial charge in [-0.1, -0.05) is 0 Å². The third-order valence-corrected chi connectivity index (χ3v) is 3.28. The Morgan fingerprint density at radius 3 is 2.60 bits per heavy atom. The van der Waals surface area contributed by atoms with Gasteiger partial charge in [-0.05, 0) is 12.1 Å². The van der Waals surface area contributed by atoms with Gasteiger partial charge in [0.2, 0.25) is 0 Å². The maximum Gasteiger partial charge on any atom is 0.417 e. The Morgan fingerprint density at radius 1 is 1.45 bits per heavy atom. The summed E-state index contributed by atoms with van der Waals surface area (Å²) in [4.78, 5) is 16.9. The number of alkyl halides is 3. The van der Waals surface area contributed by atoms with Gasteiger partial charge in [-0.2, -0.15) is 13.2 Å². The normalized spacial score (nSPS) is 22.9. The number of pyridine rings is 1. The summed E-state index contributed by atoms with van der Waals surface area (Å²) in [6.45, 7) is 0.812. The van der Waals surface area contributed by atoms with Gasteiger partial charge in [-0.25, -0.2) is 0 Å². The van der Waals surface area contributed by atoms with Gasteiger partial charge in [0.1, 0.15) is 5.69 Å². The van der Waals surface area contributed by atoms with E-state index >= 15 is 0 Å². The van der Waals surface area contributed by atoms with E-state index in [-0.39, 0.29) is 5.69 Å². The van der Waals surface area contributed by atoms with Crippen molar-refractivity contribution in [1.82, 2.24) is 15.2 Å². The van der Waals surface area contributed by atoms with Gasteiger partial charge >= 0.3 is 6.18 Å². The van der Waals surface area contributed by atoms with Gasteiger partial charge in [0.05, 0.1) is 17.7 Å². The van der Waals surface area contributed by atoms with Gasteiger partial charge < -0.3 is 15.3 Å². The van der Waals surface area contributed by atoms with E-state index in [1.54, 1.807) is 0 Å². The molecule has 0 unspecified atom stereocenters. The molecule has 0 saturated carbocycles. The van der Waals surface area contributed by atoms with Crippen molar-refractivity contribution in [2.45, 2.75) is 18.3 Å². The molecule has 110 valence electrons. The van der Waals surface area contributed by atoms with Crippen LogP contribution in [0.5, 0.6) is 0 Å². The summed E-state index contributed by atoms with van der Waals surface area (Å²) in [5.41, 5.74) is -0.987. The van der Waals surface area contributed by atoms with Gasteiger partial charge in [0.15, 0.2) is 0 Å². The van der Waals surface area contributed by atoms with Gasteiger partial charge in [0.25, 0.3) is 5.91 Å². The lowest BCUT2D eigenvalue weighted by Gasteiger charge is -2.26. The molecule has 0 bridgehead atoms. The molecular formula is C12H14F3N3O2. The number of likely N-dealkylation sites (N-methyl/N-ethyl adjacent to an activating group) is 1. The second kappa shape index (κ2) is 5.37. The molecule has 1 aliphatic heterocycles. The number of aliphatic hydroxyl groups is 1. The summed E-state index contributed by atoms with van der Waals surface area (Å²) in [7, 11) is 1.49. The number of rotatable bonds is 2. The number of hydrogen-bond donors (Lipinski definition) is 2. The Bertz CT molecular complexity index is 490. The maximum absolute atomic E-state index is 12.4. The summed E-state index contributed by atoms with van der Waals surface area (Å²) >= 11 is 0. The van der Waals surface area contributed by atoms with E-state index in [1.165, 1.54) is 11.9 Å². The Morgan fingerprint density at radius 2 is 2.15 bits per heavy atom. The molecule has 1 saturated heterocycles. The van der Waals surface area contributed by atoms with Crippen molar-refractivity contribution < 1.29 is 23.1 Å². The minimum absolute atomic E-state index is 0.0837. The van der Waals surface area contributed by atoms with Crippen LogP contribution < -0.4 is 5.32 Å². The molecule has 5 nitrogen and oxygen atoms in total. The average Bonchev–Trinajstić information content (AvgIpc) is 2.82. The highest BCUT2D eigenvalue weighted by Crippen LogP contribution is 2.28. The van der Waals surface area contributed by atoms with Crippen LogP contribution in [0.2, 0.25) is 0 Å². The van der Waals surface area contributed by atoms with Crippen LogP contribution >= 0.6 is 0 Å². The van der Waals surface area contributed by atoms with E-state index in [4.69, 9.17) is 0 Å². The summed E-state index contributed by atoms with van der Waals surface area (Å²) in [6.07, 6.45) is -4.55. The molecule has 0 aliphatic carbocycles. The second-order valence-corrected chi connectivity index (χ2v) is 4.64. The summed E-state index contributed by atoms with van der Waals surface area (Å²) in [6, 6.07) is 1.44. The van der Waals surface area contributed by atoms with Gasteiger partial charge in [-0.3, -0.25) is 9.78 Å². The highest BCUT2D eigenvalue weighted by Gasteiger charge is 2.33. The number of hydrogen-bond acceptors (Lipinski definition) is 4. The number of nitrogens with zero attached hydrogens (tertiary/aromatic N) is 2. The second-order valence-electron chi connectivity index (χ2n) is 4.64. The Balaban J connectivity index is 2.13. The molecule has 2 N–H and O–H groups in total. The topological polar surface area (TPSA) is 65.5 Å². The van der Waals surface area contributed by atoms with Crippen molar-refractivity contribution in [3.05, 3.63) is 29.6 Å². The van der Waals surface area contributed by atoms with Crippen LogP contribution in [-0.2, 0) is 6.18 Å². The van der Waals surface area contributed by atoms with Crippen LogP contribution in [-0.4, -0.2) is 53.2 Å². The molecule has 1 fully saturated rings. The van der Waals surface area contributed by atoms with E-state index in [2.05, 4.69) is 10.3 Å². The zero-order chi connectivity index (χ0) is 14.9. The van der Waals surface area contributed by atoms with Crippen LogP contribution in [0.3, 0.4) is 0 Å². The molecule has 20 heavy (non-hydrogen) atoms. The molecule has 0 radical (unpaired) electrons. The fraction of sp³-hybridized carbons (Fsp3) is 0.500. The molecule has 2 heterocycles. The predicted octanol–water partition coefficient (Wildman–Crippen LogP) is 0.505. The predicted molar refractivity (Wildman–Crippen MR) is 64.0 cm³/mol. The van der Waals surface area contributed by atoms with Crippen LogP contribution in [0.25, 0.3) is 0 Å². The molecule has 1 aromatic rings. The molecular weight excluding hydrogens is 275 g/mol. The first-order valence-corrected chi connectivity index (χ1v) is 6.00. The molecule has 0 spiro atoms. The fourth-order valence-corrected chi connectivity index (χ4v) is 2.07. The number of carbonyl (C=O) groups excluding carboxylic acids is 1. The monoisotopic (exact) mass is 289 g/mol. The van der Waals surface area contributed by atoms with Crippen molar-refractivity contribution in [2.75, 3.05) is 20.1 Å². The zero-order valence-corrected chi connectivity index (χ0v) is 10.7. The molecule has 8 heteroatoms. The summed E-state index contributed by atoms with van der Waals surface area (Å²) in [5, 5.41) is 12.6.